The fourth-order valence-electron chi connectivity index (χ4n) is 3.11. The minimum atomic E-state index is -3.13. The van der Waals surface area contributed by atoms with Gasteiger partial charge in [0.2, 0.25) is 10.0 Å². The van der Waals surface area contributed by atoms with Crippen LogP contribution < -0.4 is 4.74 Å². The molecule has 0 amide bonds. The number of nitrogens with zero attached hydrogens (tertiary/aromatic N) is 3. The van der Waals surface area contributed by atoms with Crippen molar-refractivity contribution in [2.24, 2.45) is 0 Å². The largest absolute Gasteiger partial charge is 0.488 e. The molecule has 0 N–H and O–H groups in total. The fourth-order valence-corrected chi connectivity index (χ4v) is 5.09. The predicted molar refractivity (Wildman–Crippen MR) is 101 cm³/mol. The molecule has 136 valence electrons. The molecule has 1 aliphatic rings. The first kappa shape index (κ1) is 18.5. The van der Waals surface area contributed by atoms with Crippen LogP contribution in [-0.4, -0.2) is 47.6 Å². The second-order valence-corrected chi connectivity index (χ2v) is 9.30. The van der Waals surface area contributed by atoms with E-state index < -0.39 is 10.0 Å². The number of hydrogen-bond donors (Lipinski definition) is 0. The molecular formula is C17H22BrN3O3S. The molecule has 0 spiro atoms. The third-order valence-electron chi connectivity index (χ3n) is 4.42. The molecule has 0 saturated carbocycles. The molecule has 1 aromatic heterocycles. The van der Waals surface area contributed by atoms with Gasteiger partial charge in [-0.25, -0.2) is 22.7 Å². The van der Waals surface area contributed by atoms with E-state index >= 15 is 0 Å². The standard InChI is InChI=1S/C17H22BrN3O3S/c1-3-8-25(22,23)21-6-4-14(5-7-21)24-16-10-13(18)9-15-12(2)19-11-20-17(15)16/h9-11,14H,3-8H2,1-2H3. The van der Waals surface area contributed by atoms with E-state index in [9.17, 15) is 8.42 Å². The van der Waals surface area contributed by atoms with Crippen LogP contribution in [0, 0.1) is 6.92 Å². The van der Waals surface area contributed by atoms with Gasteiger partial charge in [0.15, 0.2) is 0 Å². The van der Waals surface area contributed by atoms with E-state index in [0.29, 0.717) is 38.1 Å². The zero-order chi connectivity index (χ0) is 18.0. The smallest absolute Gasteiger partial charge is 0.214 e. The molecule has 0 bridgehead atoms. The lowest BCUT2D eigenvalue weighted by molar-refractivity contribution is 0.136. The number of fused-ring (bicyclic) bond motifs is 1. The summed E-state index contributed by atoms with van der Waals surface area (Å²) in [6.07, 6.45) is 3.53. The Kier molecular flexibility index (Phi) is 5.60. The highest BCUT2D eigenvalue weighted by molar-refractivity contribution is 9.10. The van der Waals surface area contributed by atoms with E-state index in [-0.39, 0.29) is 11.9 Å². The van der Waals surface area contributed by atoms with Crippen LogP contribution in [0.4, 0.5) is 0 Å². The number of piperidine rings is 1. The van der Waals surface area contributed by atoms with E-state index in [4.69, 9.17) is 4.74 Å². The third kappa shape index (κ3) is 4.12. The Bertz CT molecular complexity index is 865. The number of aromatic nitrogens is 2. The predicted octanol–water partition coefficient (Wildman–Crippen LogP) is 3.28. The summed E-state index contributed by atoms with van der Waals surface area (Å²) in [4.78, 5) is 8.59. The summed E-state index contributed by atoms with van der Waals surface area (Å²) in [7, 11) is -3.13. The average Bonchev–Trinajstić information content (AvgIpc) is 2.56. The molecule has 0 unspecified atom stereocenters. The first-order chi connectivity index (χ1) is 11.9. The van der Waals surface area contributed by atoms with Crippen molar-refractivity contribution in [3.63, 3.8) is 0 Å². The van der Waals surface area contributed by atoms with Crippen molar-refractivity contribution < 1.29 is 13.2 Å². The van der Waals surface area contributed by atoms with E-state index in [1.165, 1.54) is 0 Å². The Labute approximate surface area is 156 Å². The molecule has 0 radical (unpaired) electrons. The molecule has 0 atom stereocenters. The number of sulfonamides is 1. The summed E-state index contributed by atoms with van der Waals surface area (Å²) in [5.74, 6) is 0.926. The Morgan fingerprint density at radius 2 is 2.00 bits per heavy atom. The van der Waals surface area contributed by atoms with E-state index in [0.717, 1.165) is 21.1 Å². The van der Waals surface area contributed by atoms with Crippen molar-refractivity contribution in [2.45, 2.75) is 39.2 Å². The molecule has 2 heterocycles. The maximum atomic E-state index is 12.2. The number of hydrogen-bond acceptors (Lipinski definition) is 5. The minimum Gasteiger partial charge on any atom is -0.488 e. The SMILES string of the molecule is CCCS(=O)(=O)N1CCC(Oc2cc(Br)cc3c(C)ncnc23)CC1. The van der Waals surface area contributed by atoms with Crippen molar-refractivity contribution in [1.29, 1.82) is 0 Å². The lowest BCUT2D eigenvalue weighted by Gasteiger charge is -2.31. The molecule has 1 saturated heterocycles. The molecular weight excluding hydrogens is 406 g/mol. The Morgan fingerprint density at radius 3 is 2.68 bits per heavy atom. The number of ether oxygens (including phenoxy) is 1. The molecule has 3 rings (SSSR count). The van der Waals surface area contributed by atoms with Gasteiger partial charge in [0, 0.05) is 28.6 Å². The first-order valence-electron chi connectivity index (χ1n) is 8.46. The van der Waals surface area contributed by atoms with E-state index in [2.05, 4.69) is 25.9 Å². The second-order valence-electron chi connectivity index (χ2n) is 6.29. The van der Waals surface area contributed by atoms with Gasteiger partial charge >= 0.3 is 0 Å². The number of rotatable bonds is 5. The molecule has 8 heteroatoms. The van der Waals surface area contributed by atoms with Crippen LogP contribution in [0.2, 0.25) is 0 Å². The van der Waals surface area contributed by atoms with Gasteiger partial charge in [-0.3, -0.25) is 0 Å². The molecule has 6 nitrogen and oxygen atoms in total. The van der Waals surface area contributed by atoms with Crippen LogP contribution in [0.15, 0.2) is 22.9 Å². The first-order valence-corrected chi connectivity index (χ1v) is 10.9. The number of aryl methyl sites for hydroxylation is 1. The van der Waals surface area contributed by atoms with Crippen molar-refractivity contribution >= 4 is 36.9 Å². The maximum absolute atomic E-state index is 12.2. The van der Waals surface area contributed by atoms with Gasteiger partial charge in [-0.1, -0.05) is 22.9 Å². The normalized spacial score (nSPS) is 17.1. The van der Waals surface area contributed by atoms with Crippen LogP contribution in [0.3, 0.4) is 0 Å². The summed E-state index contributed by atoms with van der Waals surface area (Å²) in [5.41, 5.74) is 1.69. The molecule has 1 fully saturated rings. The lowest BCUT2D eigenvalue weighted by atomic mass is 10.1. The zero-order valence-corrected chi connectivity index (χ0v) is 16.8. The topological polar surface area (TPSA) is 72.4 Å². The summed E-state index contributed by atoms with van der Waals surface area (Å²) < 4.78 is 33.0. The van der Waals surface area contributed by atoms with Gasteiger partial charge < -0.3 is 4.74 Å². The number of benzene rings is 1. The van der Waals surface area contributed by atoms with Crippen molar-refractivity contribution in [1.82, 2.24) is 14.3 Å². The van der Waals surface area contributed by atoms with Crippen LogP contribution in [0.5, 0.6) is 5.75 Å². The van der Waals surface area contributed by atoms with Gasteiger partial charge in [0.25, 0.3) is 0 Å². The van der Waals surface area contributed by atoms with Crippen LogP contribution in [-0.2, 0) is 10.0 Å². The van der Waals surface area contributed by atoms with E-state index in [1.54, 1.807) is 10.6 Å². The monoisotopic (exact) mass is 427 g/mol. The van der Waals surface area contributed by atoms with Crippen molar-refractivity contribution in [3.8, 4) is 5.75 Å². The van der Waals surface area contributed by atoms with Crippen LogP contribution in [0.1, 0.15) is 31.9 Å². The fraction of sp³-hybridized carbons (Fsp3) is 0.529. The summed E-state index contributed by atoms with van der Waals surface area (Å²) in [5, 5.41) is 0.954. The van der Waals surface area contributed by atoms with E-state index in [1.807, 2.05) is 26.0 Å². The Hall–Kier alpha value is -1.25. The van der Waals surface area contributed by atoms with Crippen molar-refractivity contribution in [2.75, 3.05) is 18.8 Å². The van der Waals surface area contributed by atoms with Gasteiger partial charge in [-0.15, -0.1) is 0 Å². The summed E-state index contributed by atoms with van der Waals surface area (Å²) >= 11 is 3.51. The minimum absolute atomic E-state index is 0.0131. The quantitative estimate of drug-likeness (QED) is 0.731. The molecule has 1 aromatic carbocycles. The Balaban J connectivity index is 1.75. The van der Waals surface area contributed by atoms with Gasteiger partial charge in [-0.2, -0.15) is 0 Å². The van der Waals surface area contributed by atoms with Crippen LogP contribution >= 0.6 is 15.9 Å². The van der Waals surface area contributed by atoms with Gasteiger partial charge in [0.1, 0.15) is 23.7 Å². The second kappa shape index (κ2) is 7.55. The summed E-state index contributed by atoms with van der Waals surface area (Å²) in [6, 6.07) is 3.90. The maximum Gasteiger partial charge on any atom is 0.214 e. The van der Waals surface area contributed by atoms with Gasteiger partial charge in [0.05, 0.1) is 5.75 Å². The molecule has 25 heavy (non-hydrogen) atoms. The highest BCUT2D eigenvalue weighted by atomic mass is 79.9. The highest BCUT2D eigenvalue weighted by Crippen LogP contribution is 2.31. The van der Waals surface area contributed by atoms with Gasteiger partial charge in [-0.05, 0) is 38.3 Å². The number of halogens is 1. The zero-order valence-electron chi connectivity index (χ0n) is 14.4. The highest BCUT2D eigenvalue weighted by Gasteiger charge is 2.28. The Morgan fingerprint density at radius 1 is 1.28 bits per heavy atom. The average molecular weight is 428 g/mol. The summed E-state index contributed by atoms with van der Waals surface area (Å²) in [6.45, 7) is 4.84. The van der Waals surface area contributed by atoms with Crippen LogP contribution in [0.25, 0.3) is 10.9 Å². The third-order valence-corrected chi connectivity index (χ3v) is 6.95. The molecule has 0 aliphatic carbocycles. The van der Waals surface area contributed by atoms with Crippen molar-refractivity contribution in [3.05, 3.63) is 28.6 Å². The molecule has 2 aromatic rings. The molecule has 1 aliphatic heterocycles. The lowest BCUT2D eigenvalue weighted by Crippen LogP contribution is -2.42.